The number of morpholine rings is 1. The Morgan fingerprint density at radius 3 is 2.83 bits per heavy atom. The molecule has 1 aliphatic rings. The zero-order chi connectivity index (χ0) is 15.5. The normalized spacial score (nSPS) is 16.0. The van der Waals surface area contributed by atoms with Crippen molar-refractivity contribution in [2.45, 2.75) is 4.90 Å². The second-order valence-electron chi connectivity index (χ2n) is 5.57. The third-order valence-corrected chi connectivity index (χ3v) is 5.23. The average molecular weight is 325 g/mol. The molecule has 118 valence electrons. The summed E-state index contributed by atoms with van der Waals surface area (Å²) in [5, 5.41) is 1.17. The minimum absolute atomic E-state index is 0.842. The summed E-state index contributed by atoms with van der Waals surface area (Å²) in [6, 6.07) is 14.7. The molecule has 4 nitrogen and oxygen atoms in total. The van der Waals surface area contributed by atoms with E-state index >= 15 is 0 Å². The van der Waals surface area contributed by atoms with Crippen LogP contribution in [0.2, 0.25) is 0 Å². The second kappa shape index (κ2) is 6.74. The summed E-state index contributed by atoms with van der Waals surface area (Å²) in [5.41, 5.74) is 2.20. The van der Waals surface area contributed by atoms with Crippen molar-refractivity contribution >= 4 is 22.8 Å². The van der Waals surface area contributed by atoms with Gasteiger partial charge in [0.2, 0.25) is 0 Å². The molecule has 0 bridgehead atoms. The first-order chi connectivity index (χ1) is 11.4. The highest BCUT2D eigenvalue weighted by Gasteiger charge is 2.13. The van der Waals surface area contributed by atoms with E-state index in [1.54, 1.807) is 0 Å². The van der Waals surface area contributed by atoms with Crippen LogP contribution in [0.4, 0.5) is 0 Å². The molecule has 0 amide bonds. The summed E-state index contributed by atoms with van der Waals surface area (Å²) in [6.45, 7) is 3.72. The van der Waals surface area contributed by atoms with Crippen LogP contribution in [0, 0.1) is 0 Å². The summed E-state index contributed by atoms with van der Waals surface area (Å²) in [4.78, 5) is 8.26. The summed E-state index contributed by atoms with van der Waals surface area (Å²) in [7, 11) is 0. The molecule has 0 unspecified atom stereocenters. The molecule has 1 saturated heterocycles. The van der Waals surface area contributed by atoms with Crippen LogP contribution < -0.4 is 0 Å². The van der Waals surface area contributed by atoms with Gasteiger partial charge in [0, 0.05) is 41.6 Å². The lowest BCUT2D eigenvalue weighted by molar-refractivity contribution is 0.0474. The van der Waals surface area contributed by atoms with Gasteiger partial charge in [0.25, 0.3) is 0 Å². The number of ether oxygens (including phenoxy) is 1. The molecule has 0 N–H and O–H groups in total. The van der Waals surface area contributed by atoms with E-state index in [1.165, 1.54) is 16.0 Å². The maximum absolute atomic E-state index is 5.42. The van der Waals surface area contributed by atoms with E-state index in [0.717, 1.165) is 37.8 Å². The first-order valence-corrected chi connectivity index (χ1v) is 8.85. The highest BCUT2D eigenvalue weighted by molar-refractivity contribution is 7.99. The van der Waals surface area contributed by atoms with E-state index in [1.807, 2.05) is 24.0 Å². The largest absolute Gasteiger partial charge is 0.379 e. The van der Waals surface area contributed by atoms with Crippen LogP contribution in [0.5, 0.6) is 0 Å². The Morgan fingerprint density at radius 2 is 1.91 bits per heavy atom. The van der Waals surface area contributed by atoms with Crippen molar-refractivity contribution in [3.63, 3.8) is 0 Å². The minimum atomic E-state index is 0.842. The topological polar surface area (TPSA) is 30.3 Å². The molecule has 3 heterocycles. The van der Waals surface area contributed by atoms with Gasteiger partial charge in [0.1, 0.15) is 5.65 Å². The molecular formula is C18H19N3OS. The molecule has 0 saturated carbocycles. The molecule has 5 heteroatoms. The molecule has 3 aromatic rings. The molecule has 1 fully saturated rings. The van der Waals surface area contributed by atoms with Crippen LogP contribution in [-0.2, 0) is 4.74 Å². The number of hydrogen-bond donors (Lipinski definition) is 0. The first-order valence-electron chi connectivity index (χ1n) is 7.86. The fourth-order valence-electron chi connectivity index (χ4n) is 2.83. The van der Waals surface area contributed by atoms with Crippen molar-refractivity contribution in [3.8, 4) is 5.69 Å². The third-order valence-electron chi connectivity index (χ3n) is 4.08. The second-order valence-corrected chi connectivity index (χ2v) is 6.56. The lowest BCUT2D eigenvalue weighted by atomic mass is 10.3. The number of para-hydroxylation sites is 1. The molecule has 1 aromatic carbocycles. The average Bonchev–Trinajstić information content (AvgIpc) is 3.05. The standard InChI is InChI=1S/C18H19N3OS/c1-2-6-17(23-14-20-10-12-22-13-11-20)16(5-1)21-9-7-15-4-3-8-19-18(15)21/h1-9H,10-14H2. The summed E-state index contributed by atoms with van der Waals surface area (Å²) in [6.07, 6.45) is 3.95. The van der Waals surface area contributed by atoms with Gasteiger partial charge in [-0.05, 0) is 30.3 Å². The van der Waals surface area contributed by atoms with E-state index in [4.69, 9.17) is 4.74 Å². The molecular weight excluding hydrogens is 306 g/mol. The molecule has 2 aromatic heterocycles. The predicted octanol–water partition coefficient (Wildman–Crippen LogP) is 3.41. The number of thioether (sulfide) groups is 1. The molecule has 0 atom stereocenters. The number of rotatable bonds is 4. The maximum atomic E-state index is 5.42. The fraction of sp³-hybridized carbons (Fsp3) is 0.278. The molecule has 0 spiro atoms. The number of aromatic nitrogens is 2. The van der Waals surface area contributed by atoms with E-state index in [2.05, 4.69) is 57.0 Å². The van der Waals surface area contributed by atoms with Crippen LogP contribution >= 0.6 is 11.8 Å². The van der Waals surface area contributed by atoms with E-state index in [9.17, 15) is 0 Å². The molecule has 4 rings (SSSR count). The van der Waals surface area contributed by atoms with E-state index in [-0.39, 0.29) is 0 Å². The Balaban J connectivity index is 1.61. The van der Waals surface area contributed by atoms with Gasteiger partial charge in [0.05, 0.1) is 18.9 Å². The number of nitrogens with zero attached hydrogens (tertiary/aromatic N) is 3. The quantitative estimate of drug-likeness (QED) is 0.688. The highest BCUT2D eigenvalue weighted by Crippen LogP contribution is 2.29. The number of pyridine rings is 1. The lowest BCUT2D eigenvalue weighted by Gasteiger charge is -2.26. The van der Waals surface area contributed by atoms with Crippen LogP contribution in [0.25, 0.3) is 16.7 Å². The summed E-state index contributed by atoms with van der Waals surface area (Å²) >= 11 is 1.88. The van der Waals surface area contributed by atoms with Crippen molar-refractivity contribution < 1.29 is 4.74 Å². The number of benzene rings is 1. The van der Waals surface area contributed by atoms with Crippen LogP contribution in [0.15, 0.2) is 59.8 Å². The minimum Gasteiger partial charge on any atom is -0.379 e. The zero-order valence-corrected chi connectivity index (χ0v) is 13.7. The summed E-state index contributed by atoms with van der Waals surface area (Å²) in [5.74, 6) is 0.993. The van der Waals surface area contributed by atoms with Crippen LogP contribution in [0.3, 0.4) is 0 Å². The highest BCUT2D eigenvalue weighted by atomic mass is 32.2. The van der Waals surface area contributed by atoms with Gasteiger partial charge >= 0.3 is 0 Å². The molecule has 0 aliphatic carbocycles. The van der Waals surface area contributed by atoms with Gasteiger partial charge in [-0.25, -0.2) is 4.98 Å². The molecule has 1 aliphatic heterocycles. The molecule has 23 heavy (non-hydrogen) atoms. The first kappa shape index (κ1) is 14.8. The predicted molar refractivity (Wildman–Crippen MR) is 94.2 cm³/mol. The van der Waals surface area contributed by atoms with Gasteiger partial charge in [-0.15, -0.1) is 11.8 Å². The van der Waals surface area contributed by atoms with Gasteiger partial charge in [-0.3, -0.25) is 4.90 Å². The fourth-order valence-corrected chi connectivity index (χ4v) is 3.90. The SMILES string of the molecule is c1ccc(-n2ccc3cccnc32)c(SCN2CCOCC2)c1. The maximum Gasteiger partial charge on any atom is 0.144 e. The van der Waals surface area contributed by atoms with Crippen molar-refractivity contribution in [1.29, 1.82) is 0 Å². The Kier molecular flexibility index (Phi) is 4.33. The number of fused-ring (bicyclic) bond motifs is 1. The van der Waals surface area contributed by atoms with Crippen molar-refractivity contribution in [2.24, 2.45) is 0 Å². The Morgan fingerprint density at radius 1 is 1.04 bits per heavy atom. The van der Waals surface area contributed by atoms with Crippen molar-refractivity contribution in [3.05, 3.63) is 54.9 Å². The van der Waals surface area contributed by atoms with Gasteiger partial charge in [-0.2, -0.15) is 0 Å². The Hall–Kier alpha value is -1.82. The van der Waals surface area contributed by atoms with Crippen LogP contribution in [-0.4, -0.2) is 46.6 Å². The van der Waals surface area contributed by atoms with Crippen LogP contribution in [0.1, 0.15) is 0 Å². The third kappa shape index (κ3) is 3.13. The van der Waals surface area contributed by atoms with E-state index in [0.29, 0.717) is 0 Å². The Bertz CT molecular complexity index is 796. The van der Waals surface area contributed by atoms with Crippen molar-refractivity contribution in [2.75, 3.05) is 32.2 Å². The van der Waals surface area contributed by atoms with Gasteiger partial charge in [0.15, 0.2) is 0 Å². The zero-order valence-electron chi connectivity index (χ0n) is 12.9. The smallest absolute Gasteiger partial charge is 0.144 e. The summed E-state index contributed by atoms with van der Waals surface area (Å²) < 4.78 is 7.60. The van der Waals surface area contributed by atoms with Gasteiger partial charge < -0.3 is 9.30 Å². The monoisotopic (exact) mass is 325 g/mol. The van der Waals surface area contributed by atoms with Crippen molar-refractivity contribution in [1.82, 2.24) is 14.5 Å². The lowest BCUT2D eigenvalue weighted by Crippen LogP contribution is -2.35. The molecule has 0 radical (unpaired) electrons. The van der Waals surface area contributed by atoms with E-state index < -0.39 is 0 Å². The van der Waals surface area contributed by atoms with Gasteiger partial charge in [-0.1, -0.05) is 12.1 Å². The Labute approximate surface area is 140 Å². The number of hydrogen-bond acceptors (Lipinski definition) is 4.